The average Bonchev–Trinajstić information content (AvgIpc) is 2.74. The Hall–Kier alpha value is -2.87. The molecule has 1 heterocycles. The molecule has 0 atom stereocenters. The highest BCUT2D eigenvalue weighted by molar-refractivity contribution is 5.68. The van der Waals surface area contributed by atoms with Crippen LogP contribution in [0.15, 0.2) is 36.4 Å². The zero-order valence-corrected chi connectivity index (χ0v) is 11.4. The molecule has 0 amide bonds. The molecule has 1 aliphatic heterocycles. The molecule has 0 saturated heterocycles. The van der Waals surface area contributed by atoms with Gasteiger partial charge in [0.25, 0.3) is 0 Å². The van der Waals surface area contributed by atoms with E-state index in [1.54, 1.807) is 12.1 Å². The quantitative estimate of drug-likeness (QED) is 0.827. The van der Waals surface area contributed by atoms with Crippen LogP contribution in [-0.2, 0) is 0 Å². The topological polar surface area (TPSA) is 80.3 Å². The molecule has 21 heavy (non-hydrogen) atoms. The van der Waals surface area contributed by atoms with E-state index in [0.29, 0.717) is 24.5 Å². The van der Waals surface area contributed by atoms with Crippen molar-refractivity contribution in [3.63, 3.8) is 0 Å². The van der Waals surface area contributed by atoms with Crippen molar-refractivity contribution in [2.75, 3.05) is 24.3 Å². The van der Waals surface area contributed by atoms with Crippen LogP contribution in [0.4, 0.5) is 17.1 Å². The minimum absolute atomic E-state index is 0.453. The van der Waals surface area contributed by atoms with E-state index in [2.05, 4.69) is 11.4 Å². The average molecular weight is 281 g/mol. The smallest absolute Gasteiger partial charge is 0.163 e. The highest BCUT2D eigenvalue weighted by Crippen LogP contribution is 2.33. The molecule has 0 aliphatic carbocycles. The maximum Gasteiger partial charge on any atom is 0.163 e. The van der Waals surface area contributed by atoms with Gasteiger partial charge >= 0.3 is 0 Å². The molecule has 0 radical (unpaired) electrons. The highest BCUT2D eigenvalue weighted by atomic mass is 16.5. The molecule has 0 fully saturated rings. The number of nitrogens with two attached hydrogens (primary N) is 1. The molecule has 0 aromatic heterocycles. The van der Waals surface area contributed by atoms with Crippen LogP contribution in [0.2, 0.25) is 0 Å². The lowest BCUT2D eigenvalue weighted by Crippen LogP contribution is -1.97. The van der Waals surface area contributed by atoms with Gasteiger partial charge in [0, 0.05) is 29.5 Å². The Labute approximate surface area is 122 Å². The molecule has 0 unspecified atom stereocenters. The second kappa shape index (κ2) is 5.63. The van der Waals surface area contributed by atoms with Gasteiger partial charge in [-0.15, -0.1) is 0 Å². The molecule has 5 heteroatoms. The zero-order chi connectivity index (χ0) is 14.7. The fraction of sp³-hybridized carbons (Fsp3) is 0.188. The molecule has 3 N–H and O–H groups in total. The number of ether oxygens (including phenoxy) is 2. The molecule has 2 aromatic carbocycles. The van der Waals surface area contributed by atoms with E-state index in [-0.39, 0.29) is 0 Å². The molecule has 0 spiro atoms. The molecular formula is C16H15N3O2. The number of rotatable bonds is 2. The van der Waals surface area contributed by atoms with Crippen LogP contribution in [-0.4, -0.2) is 13.2 Å². The fourth-order valence-corrected chi connectivity index (χ4v) is 2.14. The van der Waals surface area contributed by atoms with E-state index in [1.165, 1.54) is 0 Å². The summed E-state index contributed by atoms with van der Waals surface area (Å²) in [4.78, 5) is 0. The second-order valence-electron chi connectivity index (χ2n) is 4.75. The minimum atomic E-state index is 0.453. The predicted molar refractivity (Wildman–Crippen MR) is 80.9 cm³/mol. The SMILES string of the molecule is N#Cc1cc(Nc2ccc3c(c2)OCCCO3)ccc1N. The Morgan fingerprint density at radius 2 is 1.71 bits per heavy atom. The van der Waals surface area contributed by atoms with Crippen molar-refractivity contribution in [2.24, 2.45) is 0 Å². The lowest BCUT2D eigenvalue weighted by Gasteiger charge is -2.11. The summed E-state index contributed by atoms with van der Waals surface area (Å²) in [5.41, 5.74) is 8.31. The van der Waals surface area contributed by atoms with Gasteiger partial charge in [0.15, 0.2) is 11.5 Å². The minimum Gasteiger partial charge on any atom is -0.490 e. The van der Waals surface area contributed by atoms with Crippen molar-refractivity contribution in [3.05, 3.63) is 42.0 Å². The first-order valence-corrected chi connectivity index (χ1v) is 6.72. The summed E-state index contributed by atoms with van der Waals surface area (Å²) < 4.78 is 11.2. The van der Waals surface area contributed by atoms with E-state index in [9.17, 15) is 0 Å². The molecule has 0 bridgehead atoms. The fourth-order valence-electron chi connectivity index (χ4n) is 2.14. The van der Waals surface area contributed by atoms with Gasteiger partial charge in [-0.3, -0.25) is 0 Å². The Kier molecular flexibility index (Phi) is 3.52. The van der Waals surface area contributed by atoms with Crippen LogP contribution < -0.4 is 20.5 Å². The number of nitrogens with zero attached hydrogens (tertiary/aromatic N) is 1. The summed E-state index contributed by atoms with van der Waals surface area (Å²) in [7, 11) is 0. The predicted octanol–water partition coefficient (Wildman–Crippen LogP) is 3.05. The summed E-state index contributed by atoms with van der Waals surface area (Å²) in [6.45, 7) is 1.32. The number of nitrogens with one attached hydrogen (secondary N) is 1. The van der Waals surface area contributed by atoms with Gasteiger partial charge in [0.1, 0.15) is 6.07 Å². The van der Waals surface area contributed by atoms with Crippen LogP contribution in [0, 0.1) is 11.3 Å². The van der Waals surface area contributed by atoms with Crippen LogP contribution in [0.3, 0.4) is 0 Å². The number of hydrogen-bond donors (Lipinski definition) is 2. The summed E-state index contributed by atoms with van der Waals surface area (Å²) in [5, 5.41) is 12.2. The van der Waals surface area contributed by atoms with Crippen LogP contribution in [0.5, 0.6) is 11.5 Å². The van der Waals surface area contributed by atoms with E-state index < -0.39 is 0 Å². The monoisotopic (exact) mass is 281 g/mol. The summed E-state index contributed by atoms with van der Waals surface area (Å²) in [6, 6.07) is 13.0. The van der Waals surface area contributed by atoms with Gasteiger partial charge in [-0.1, -0.05) is 0 Å². The Bertz CT molecular complexity index is 707. The summed E-state index contributed by atoms with van der Waals surface area (Å²) in [5.74, 6) is 1.49. The van der Waals surface area contributed by atoms with Crippen molar-refractivity contribution >= 4 is 17.1 Å². The number of fused-ring (bicyclic) bond motifs is 1. The number of benzene rings is 2. The Balaban J connectivity index is 1.85. The lowest BCUT2D eigenvalue weighted by atomic mass is 10.1. The third-order valence-corrected chi connectivity index (χ3v) is 3.21. The van der Waals surface area contributed by atoms with Gasteiger partial charge in [-0.05, 0) is 30.3 Å². The Morgan fingerprint density at radius 3 is 2.52 bits per heavy atom. The Morgan fingerprint density at radius 1 is 1.00 bits per heavy atom. The maximum atomic E-state index is 9.00. The van der Waals surface area contributed by atoms with Crippen molar-refractivity contribution in [3.8, 4) is 17.6 Å². The van der Waals surface area contributed by atoms with Gasteiger partial charge in [0.05, 0.1) is 18.8 Å². The van der Waals surface area contributed by atoms with Crippen molar-refractivity contribution in [1.82, 2.24) is 0 Å². The van der Waals surface area contributed by atoms with E-state index in [4.69, 9.17) is 20.5 Å². The zero-order valence-electron chi connectivity index (χ0n) is 11.4. The van der Waals surface area contributed by atoms with E-state index in [0.717, 1.165) is 29.3 Å². The molecule has 1 aliphatic rings. The number of nitriles is 1. The van der Waals surface area contributed by atoms with Gasteiger partial charge in [-0.25, -0.2) is 0 Å². The first-order chi connectivity index (χ1) is 10.3. The molecule has 0 saturated carbocycles. The number of hydrogen-bond acceptors (Lipinski definition) is 5. The first-order valence-electron chi connectivity index (χ1n) is 6.72. The van der Waals surface area contributed by atoms with E-state index >= 15 is 0 Å². The third-order valence-electron chi connectivity index (χ3n) is 3.21. The molecular weight excluding hydrogens is 266 g/mol. The van der Waals surface area contributed by atoms with Crippen LogP contribution in [0.1, 0.15) is 12.0 Å². The maximum absolute atomic E-state index is 9.00. The highest BCUT2D eigenvalue weighted by Gasteiger charge is 2.11. The van der Waals surface area contributed by atoms with Crippen molar-refractivity contribution in [2.45, 2.75) is 6.42 Å². The van der Waals surface area contributed by atoms with Gasteiger partial charge < -0.3 is 20.5 Å². The molecule has 3 rings (SSSR count). The van der Waals surface area contributed by atoms with Gasteiger partial charge in [0.2, 0.25) is 0 Å². The third kappa shape index (κ3) is 2.84. The van der Waals surface area contributed by atoms with Crippen molar-refractivity contribution < 1.29 is 9.47 Å². The largest absolute Gasteiger partial charge is 0.490 e. The van der Waals surface area contributed by atoms with Gasteiger partial charge in [-0.2, -0.15) is 5.26 Å². The van der Waals surface area contributed by atoms with E-state index in [1.807, 2.05) is 24.3 Å². The number of anilines is 3. The number of nitrogen functional groups attached to an aromatic ring is 1. The summed E-state index contributed by atoms with van der Waals surface area (Å²) >= 11 is 0. The van der Waals surface area contributed by atoms with Crippen LogP contribution in [0.25, 0.3) is 0 Å². The molecule has 106 valence electrons. The van der Waals surface area contributed by atoms with Crippen molar-refractivity contribution in [1.29, 1.82) is 5.26 Å². The first kappa shape index (κ1) is 13.1. The van der Waals surface area contributed by atoms with Crippen LogP contribution >= 0.6 is 0 Å². The normalized spacial score (nSPS) is 13.1. The standard InChI is InChI=1S/C16H15N3O2/c17-10-11-8-12(2-4-14(11)18)19-13-3-5-15-16(9-13)21-7-1-6-20-15/h2-5,8-9,19H,1,6-7,18H2. The lowest BCUT2D eigenvalue weighted by molar-refractivity contribution is 0.297. The molecule has 2 aromatic rings. The summed E-state index contributed by atoms with van der Waals surface area (Å²) in [6.07, 6.45) is 0.876. The second-order valence-corrected chi connectivity index (χ2v) is 4.75. The molecule has 5 nitrogen and oxygen atoms in total.